The molecule has 0 spiro atoms. The first-order valence-corrected chi connectivity index (χ1v) is 16.2. The zero-order valence-electron chi connectivity index (χ0n) is 24.0. The molecule has 3 heteroatoms. The van der Waals surface area contributed by atoms with Crippen molar-refractivity contribution in [3.8, 4) is 5.69 Å². The van der Waals surface area contributed by atoms with E-state index in [-0.39, 0.29) is 0 Å². The zero-order chi connectivity index (χ0) is 29.2. The lowest BCUT2D eigenvalue weighted by Gasteiger charge is -2.14. The Morgan fingerprint density at radius 1 is 0.444 bits per heavy atom. The predicted molar refractivity (Wildman–Crippen MR) is 193 cm³/mol. The Labute approximate surface area is 260 Å². The number of para-hydroxylation sites is 2. The zero-order valence-corrected chi connectivity index (χ0v) is 24.9. The number of furan rings is 1. The van der Waals surface area contributed by atoms with Crippen LogP contribution in [-0.2, 0) is 0 Å². The fourth-order valence-electron chi connectivity index (χ4n) is 7.91. The number of thiophene rings is 1. The Morgan fingerprint density at radius 2 is 1.02 bits per heavy atom. The average molecular weight is 590 g/mol. The van der Waals surface area contributed by atoms with Gasteiger partial charge in [-0.1, -0.05) is 109 Å². The van der Waals surface area contributed by atoms with E-state index in [2.05, 4.69) is 144 Å². The summed E-state index contributed by atoms with van der Waals surface area (Å²) in [6.07, 6.45) is 0. The molecule has 3 heterocycles. The molecule has 0 aliphatic carbocycles. The summed E-state index contributed by atoms with van der Waals surface area (Å²) in [4.78, 5) is 0. The molecule has 11 aromatic rings. The van der Waals surface area contributed by atoms with Crippen molar-refractivity contribution >= 4 is 108 Å². The quantitative estimate of drug-likeness (QED) is 0.174. The first-order chi connectivity index (χ1) is 22.3. The molecule has 8 aromatic carbocycles. The molecule has 0 radical (unpaired) electrons. The fourth-order valence-corrected chi connectivity index (χ4v) is 9.17. The van der Waals surface area contributed by atoms with Crippen LogP contribution in [0.1, 0.15) is 0 Å². The smallest absolute Gasteiger partial charge is 0.146 e. The first kappa shape index (κ1) is 23.8. The minimum atomic E-state index is 0.930. The molecular formula is C42H23NOS. The number of hydrogen-bond acceptors (Lipinski definition) is 2. The second-order valence-corrected chi connectivity index (χ2v) is 13.1. The van der Waals surface area contributed by atoms with Crippen LogP contribution in [0.25, 0.3) is 102 Å². The standard InChI is InChI=1S/C42H23NOS/c1-2-13-27-25(11-1)26-12-3-4-14-28(26)33-23-24(21-22-29(27)33)43-34-18-8-5-15-30(34)37-40(43)38-32-17-7-10-20-36(32)45-42(38)39-31-16-6-9-19-35(31)44-41(37)39/h1-23H. The molecule has 0 unspecified atom stereocenters. The van der Waals surface area contributed by atoms with E-state index in [0.29, 0.717) is 0 Å². The van der Waals surface area contributed by atoms with E-state index >= 15 is 0 Å². The topological polar surface area (TPSA) is 18.1 Å². The molecule has 0 amide bonds. The molecule has 0 bridgehead atoms. The summed E-state index contributed by atoms with van der Waals surface area (Å²) in [5.74, 6) is 0. The van der Waals surface area contributed by atoms with Gasteiger partial charge in [0.25, 0.3) is 0 Å². The van der Waals surface area contributed by atoms with Gasteiger partial charge in [0.2, 0.25) is 0 Å². The Balaban J connectivity index is 1.40. The van der Waals surface area contributed by atoms with Crippen molar-refractivity contribution < 1.29 is 4.42 Å². The molecule has 0 aliphatic rings. The molecule has 3 aromatic heterocycles. The molecule has 0 N–H and O–H groups in total. The summed E-state index contributed by atoms with van der Waals surface area (Å²) in [5, 5.41) is 15.0. The van der Waals surface area contributed by atoms with Crippen LogP contribution in [-0.4, -0.2) is 4.57 Å². The van der Waals surface area contributed by atoms with Gasteiger partial charge in [0.1, 0.15) is 11.2 Å². The van der Waals surface area contributed by atoms with Crippen molar-refractivity contribution in [1.29, 1.82) is 0 Å². The van der Waals surface area contributed by atoms with Gasteiger partial charge in [-0.3, -0.25) is 0 Å². The highest BCUT2D eigenvalue weighted by Gasteiger charge is 2.25. The largest absolute Gasteiger partial charge is 0.455 e. The maximum Gasteiger partial charge on any atom is 0.146 e. The maximum absolute atomic E-state index is 6.80. The van der Waals surface area contributed by atoms with Gasteiger partial charge in [-0.15, -0.1) is 11.3 Å². The summed E-state index contributed by atoms with van der Waals surface area (Å²) >= 11 is 1.87. The number of benzene rings is 8. The van der Waals surface area contributed by atoms with Gasteiger partial charge < -0.3 is 8.98 Å². The van der Waals surface area contributed by atoms with Crippen molar-refractivity contribution in [2.24, 2.45) is 0 Å². The van der Waals surface area contributed by atoms with E-state index in [9.17, 15) is 0 Å². The van der Waals surface area contributed by atoms with Crippen molar-refractivity contribution in [2.45, 2.75) is 0 Å². The van der Waals surface area contributed by atoms with Gasteiger partial charge in [-0.2, -0.15) is 0 Å². The normalized spacial score (nSPS) is 12.4. The van der Waals surface area contributed by atoms with Crippen molar-refractivity contribution in [2.75, 3.05) is 0 Å². The number of aromatic nitrogens is 1. The van der Waals surface area contributed by atoms with Crippen molar-refractivity contribution in [3.05, 3.63) is 140 Å². The lowest BCUT2D eigenvalue weighted by atomic mass is 9.94. The third-order valence-corrected chi connectivity index (χ3v) is 10.9. The fraction of sp³-hybridized carbons (Fsp3) is 0. The highest BCUT2D eigenvalue weighted by molar-refractivity contribution is 7.27. The minimum Gasteiger partial charge on any atom is -0.455 e. The maximum atomic E-state index is 6.80. The molecule has 0 fully saturated rings. The van der Waals surface area contributed by atoms with E-state index in [0.717, 1.165) is 16.9 Å². The lowest BCUT2D eigenvalue weighted by molar-refractivity contribution is 0.673. The van der Waals surface area contributed by atoms with E-state index < -0.39 is 0 Å². The van der Waals surface area contributed by atoms with Crippen LogP contribution < -0.4 is 0 Å². The highest BCUT2D eigenvalue weighted by atomic mass is 32.1. The second-order valence-electron chi connectivity index (χ2n) is 12.0. The lowest BCUT2D eigenvalue weighted by Crippen LogP contribution is -1.95. The van der Waals surface area contributed by atoms with Gasteiger partial charge in [0, 0.05) is 42.0 Å². The Bertz CT molecular complexity index is 2980. The van der Waals surface area contributed by atoms with Gasteiger partial charge in [0.15, 0.2) is 0 Å². The molecule has 11 rings (SSSR count). The van der Waals surface area contributed by atoms with E-state index in [1.165, 1.54) is 85.1 Å². The Hall–Kier alpha value is -5.64. The van der Waals surface area contributed by atoms with Gasteiger partial charge in [-0.25, -0.2) is 0 Å². The third kappa shape index (κ3) is 2.98. The molecule has 208 valence electrons. The van der Waals surface area contributed by atoms with E-state index in [4.69, 9.17) is 4.42 Å². The molecular weight excluding hydrogens is 567 g/mol. The second kappa shape index (κ2) is 8.50. The van der Waals surface area contributed by atoms with Gasteiger partial charge in [-0.05, 0) is 62.6 Å². The van der Waals surface area contributed by atoms with Crippen LogP contribution in [0.15, 0.2) is 144 Å². The SMILES string of the molecule is c1ccc2c(c1)oc1c2c2sc3ccccc3c2c2c1c1ccccc1n2-c1ccc2c3ccccc3c3ccccc3c2c1. The summed E-state index contributed by atoms with van der Waals surface area (Å²) in [5.41, 5.74) is 5.44. The summed E-state index contributed by atoms with van der Waals surface area (Å²) in [6, 6.07) is 50.8. The van der Waals surface area contributed by atoms with Crippen molar-refractivity contribution in [1.82, 2.24) is 4.57 Å². The van der Waals surface area contributed by atoms with E-state index in [1.54, 1.807) is 0 Å². The number of fused-ring (bicyclic) bond motifs is 18. The van der Waals surface area contributed by atoms with Crippen LogP contribution in [0, 0.1) is 0 Å². The Morgan fingerprint density at radius 3 is 1.78 bits per heavy atom. The summed E-state index contributed by atoms with van der Waals surface area (Å²) in [7, 11) is 0. The molecule has 0 atom stereocenters. The van der Waals surface area contributed by atoms with Crippen LogP contribution in [0.4, 0.5) is 0 Å². The molecule has 0 saturated heterocycles. The monoisotopic (exact) mass is 589 g/mol. The molecule has 45 heavy (non-hydrogen) atoms. The highest BCUT2D eigenvalue weighted by Crippen LogP contribution is 2.50. The minimum absolute atomic E-state index is 0.930. The van der Waals surface area contributed by atoms with Crippen LogP contribution in [0.3, 0.4) is 0 Å². The molecule has 0 saturated carbocycles. The molecule has 2 nitrogen and oxygen atoms in total. The van der Waals surface area contributed by atoms with Crippen LogP contribution in [0.2, 0.25) is 0 Å². The number of rotatable bonds is 1. The van der Waals surface area contributed by atoms with E-state index in [1.807, 2.05) is 11.3 Å². The Kier molecular flexibility index (Phi) is 4.49. The van der Waals surface area contributed by atoms with Gasteiger partial charge in [0.05, 0.1) is 16.4 Å². The average Bonchev–Trinajstić information content (AvgIpc) is 3.78. The number of hydrogen-bond donors (Lipinski definition) is 0. The first-order valence-electron chi connectivity index (χ1n) is 15.4. The number of nitrogens with zero attached hydrogens (tertiary/aromatic N) is 1. The van der Waals surface area contributed by atoms with Gasteiger partial charge >= 0.3 is 0 Å². The van der Waals surface area contributed by atoms with Crippen LogP contribution >= 0.6 is 11.3 Å². The predicted octanol–water partition coefficient (Wildman–Crippen LogP) is 12.5. The third-order valence-electron chi connectivity index (χ3n) is 9.74. The van der Waals surface area contributed by atoms with Crippen LogP contribution in [0.5, 0.6) is 0 Å². The van der Waals surface area contributed by atoms with Crippen molar-refractivity contribution in [3.63, 3.8) is 0 Å². The summed E-state index contributed by atoms with van der Waals surface area (Å²) < 4.78 is 11.9. The summed E-state index contributed by atoms with van der Waals surface area (Å²) in [6.45, 7) is 0. The molecule has 0 aliphatic heterocycles.